The van der Waals surface area contributed by atoms with E-state index in [1.54, 1.807) is 0 Å². The van der Waals surface area contributed by atoms with Crippen LogP contribution in [0, 0.1) is 58.2 Å². The van der Waals surface area contributed by atoms with E-state index in [2.05, 4.69) is 46.8 Å². The van der Waals surface area contributed by atoms with Crippen LogP contribution in [0.1, 0.15) is 92.4 Å². The van der Waals surface area contributed by atoms with E-state index >= 15 is 0 Å². The van der Waals surface area contributed by atoms with Gasteiger partial charge in [0.25, 0.3) is 0 Å². The Morgan fingerprint density at radius 1 is 0.867 bits per heavy atom. The van der Waals surface area contributed by atoms with Crippen molar-refractivity contribution in [3.05, 3.63) is 12.2 Å². The summed E-state index contributed by atoms with van der Waals surface area (Å²) in [6.07, 6.45) is 16.1. The zero-order valence-electron chi connectivity index (χ0n) is 20.3. The molecule has 2 nitrogen and oxygen atoms in total. The largest absolute Gasteiger partial charge is 0.396 e. The molecule has 30 heavy (non-hydrogen) atoms. The number of hydrogen-bond donors (Lipinski definition) is 2. The first-order valence-corrected chi connectivity index (χ1v) is 13.2. The summed E-state index contributed by atoms with van der Waals surface area (Å²) < 4.78 is 0. The average molecular weight is 417 g/mol. The van der Waals surface area contributed by atoms with Crippen molar-refractivity contribution >= 4 is 0 Å². The summed E-state index contributed by atoms with van der Waals surface area (Å²) >= 11 is 0. The van der Waals surface area contributed by atoms with E-state index in [0.717, 1.165) is 36.5 Å². The van der Waals surface area contributed by atoms with Crippen LogP contribution in [0.15, 0.2) is 12.2 Å². The Morgan fingerprint density at radius 2 is 1.57 bits per heavy atom. The number of aliphatic hydroxyl groups excluding tert-OH is 2. The second kappa shape index (κ2) is 8.54. The van der Waals surface area contributed by atoms with Gasteiger partial charge < -0.3 is 10.2 Å². The Balaban J connectivity index is 1.52. The van der Waals surface area contributed by atoms with Crippen molar-refractivity contribution < 1.29 is 10.2 Å². The zero-order valence-corrected chi connectivity index (χ0v) is 20.3. The predicted octanol–water partition coefficient (Wildman–Crippen LogP) is 6.46. The Labute approximate surface area is 185 Å². The molecule has 2 heteroatoms. The highest BCUT2D eigenvalue weighted by Crippen LogP contribution is 2.68. The molecule has 0 aliphatic heterocycles. The molecule has 2 N–H and O–H groups in total. The van der Waals surface area contributed by atoms with Crippen LogP contribution < -0.4 is 0 Å². The fourth-order valence-electron chi connectivity index (χ4n) is 8.84. The molecular weight excluding hydrogens is 368 g/mol. The molecule has 0 heterocycles. The standard InChI is InChI=1S/C28H48O2/c1-18(2)19(3)6-7-20(17-29)24-10-11-25-23-9-8-21-16-22(30)12-14-27(21,4)26(23)13-15-28(24,25)5/h6-7,18-26,29-30H,8-17H2,1-5H3. The normalized spacial score (nSPS) is 48.3. The van der Waals surface area contributed by atoms with Crippen molar-refractivity contribution in [1.29, 1.82) is 0 Å². The van der Waals surface area contributed by atoms with Gasteiger partial charge in [0, 0.05) is 12.5 Å². The molecule has 10 atom stereocenters. The summed E-state index contributed by atoms with van der Waals surface area (Å²) in [4.78, 5) is 0. The van der Waals surface area contributed by atoms with Crippen molar-refractivity contribution in [1.82, 2.24) is 0 Å². The summed E-state index contributed by atoms with van der Waals surface area (Å²) in [6.45, 7) is 12.4. The molecule has 4 saturated carbocycles. The molecule has 4 aliphatic rings. The number of allylic oxidation sites excluding steroid dienone is 1. The van der Waals surface area contributed by atoms with Gasteiger partial charge in [-0.25, -0.2) is 0 Å². The van der Waals surface area contributed by atoms with Crippen LogP contribution in [0.2, 0.25) is 0 Å². The van der Waals surface area contributed by atoms with Crippen molar-refractivity contribution in [2.24, 2.45) is 58.2 Å². The van der Waals surface area contributed by atoms with Crippen LogP contribution in [0.4, 0.5) is 0 Å². The smallest absolute Gasteiger partial charge is 0.0543 e. The highest BCUT2D eigenvalue weighted by molar-refractivity contribution is 5.11. The highest BCUT2D eigenvalue weighted by atomic mass is 16.3. The van der Waals surface area contributed by atoms with E-state index in [0.29, 0.717) is 41.1 Å². The Bertz CT molecular complexity index is 626. The van der Waals surface area contributed by atoms with Crippen LogP contribution in [0.5, 0.6) is 0 Å². The Kier molecular flexibility index (Phi) is 6.50. The third kappa shape index (κ3) is 3.72. The Hall–Kier alpha value is -0.340. The van der Waals surface area contributed by atoms with E-state index in [4.69, 9.17) is 0 Å². The second-order valence-corrected chi connectivity index (χ2v) is 12.6. The molecule has 0 radical (unpaired) electrons. The minimum atomic E-state index is -0.0466. The van der Waals surface area contributed by atoms with Crippen LogP contribution in [-0.2, 0) is 0 Å². The predicted molar refractivity (Wildman–Crippen MR) is 125 cm³/mol. The van der Waals surface area contributed by atoms with Gasteiger partial charge in [0.2, 0.25) is 0 Å². The Morgan fingerprint density at radius 3 is 2.27 bits per heavy atom. The lowest BCUT2D eigenvalue weighted by Crippen LogP contribution is -2.54. The molecule has 10 unspecified atom stereocenters. The van der Waals surface area contributed by atoms with Gasteiger partial charge in [0.1, 0.15) is 0 Å². The quantitative estimate of drug-likeness (QED) is 0.505. The van der Waals surface area contributed by atoms with E-state index in [-0.39, 0.29) is 6.10 Å². The lowest BCUT2D eigenvalue weighted by atomic mass is 9.44. The van der Waals surface area contributed by atoms with Gasteiger partial charge >= 0.3 is 0 Å². The molecule has 0 aromatic carbocycles. The van der Waals surface area contributed by atoms with Crippen LogP contribution in [-0.4, -0.2) is 22.9 Å². The second-order valence-electron chi connectivity index (χ2n) is 12.6. The lowest BCUT2D eigenvalue weighted by molar-refractivity contribution is -0.129. The monoisotopic (exact) mass is 416 g/mol. The maximum Gasteiger partial charge on any atom is 0.0543 e. The van der Waals surface area contributed by atoms with E-state index in [9.17, 15) is 10.2 Å². The number of hydrogen-bond acceptors (Lipinski definition) is 2. The van der Waals surface area contributed by atoms with Gasteiger partial charge in [-0.1, -0.05) is 46.8 Å². The topological polar surface area (TPSA) is 40.5 Å². The summed E-state index contributed by atoms with van der Waals surface area (Å²) in [5.41, 5.74) is 0.863. The number of fused-ring (bicyclic) bond motifs is 5. The summed E-state index contributed by atoms with van der Waals surface area (Å²) in [7, 11) is 0. The molecular formula is C28H48O2. The fraction of sp³-hybridized carbons (Fsp3) is 0.929. The van der Waals surface area contributed by atoms with Crippen molar-refractivity contribution in [3.8, 4) is 0 Å². The van der Waals surface area contributed by atoms with Crippen LogP contribution in [0.25, 0.3) is 0 Å². The maximum absolute atomic E-state index is 10.3. The first-order valence-electron chi connectivity index (χ1n) is 13.2. The molecule has 0 aromatic rings. The third-order valence-corrected chi connectivity index (χ3v) is 11.2. The van der Waals surface area contributed by atoms with E-state index < -0.39 is 0 Å². The van der Waals surface area contributed by atoms with Crippen LogP contribution >= 0.6 is 0 Å². The molecule has 0 saturated heterocycles. The molecule has 0 aromatic heterocycles. The molecule has 4 rings (SSSR count). The van der Waals surface area contributed by atoms with Crippen molar-refractivity contribution in [3.63, 3.8) is 0 Å². The van der Waals surface area contributed by atoms with Gasteiger partial charge in [0.15, 0.2) is 0 Å². The highest BCUT2D eigenvalue weighted by Gasteiger charge is 2.60. The van der Waals surface area contributed by atoms with Crippen molar-refractivity contribution in [2.75, 3.05) is 6.61 Å². The molecule has 0 bridgehead atoms. The minimum Gasteiger partial charge on any atom is -0.396 e. The summed E-state index contributed by atoms with van der Waals surface area (Å²) in [6, 6.07) is 0. The average Bonchev–Trinajstić information content (AvgIpc) is 3.06. The molecule has 172 valence electrons. The third-order valence-electron chi connectivity index (χ3n) is 11.2. The van der Waals surface area contributed by atoms with Gasteiger partial charge in [-0.2, -0.15) is 0 Å². The van der Waals surface area contributed by atoms with Gasteiger partial charge in [-0.05, 0) is 110 Å². The number of rotatable bonds is 5. The van der Waals surface area contributed by atoms with Crippen molar-refractivity contribution in [2.45, 2.75) is 98.5 Å². The molecule has 0 amide bonds. The van der Waals surface area contributed by atoms with Gasteiger partial charge in [0.05, 0.1) is 6.10 Å². The maximum atomic E-state index is 10.3. The van der Waals surface area contributed by atoms with Crippen LogP contribution in [0.3, 0.4) is 0 Å². The van der Waals surface area contributed by atoms with E-state index in [1.165, 1.54) is 44.9 Å². The SMILES string of the molecule is CC(C)C(C)C=CC(CO)C1CCC2C3CCC4CC(O)CCC4(C)C3CCC12C. The molecule has 0 spiro atoms. The van der Waals surface area contributed by atoms with E-state index in [1.807, 2.05) is 0 Å². The molecule has 4 aliphatic carbocycles. The summed E-state index contributed by atoms with van der Waals surface area (Å²) in [5, 5.41) is 20.6. The lowest BCUT2D eigenvalue weighted by Gasteiger charge is -2.61. The first kappa shape index (κ1) is 22.8. The fourth-order valence-corrected chi connectivity index (χ4v) is 8.84. The van der Waals surface area contributed by atoms with Gasteiger partial charge in [-0.3, -0.25) is 0 Å². The summed E-state index contributed by atoms with van der Waals surface area (Å²) in [5.74, 6) is 5.54. The first-order chi connectivity index (χ1) is 14.2. The minimum absolute atomic E-state index is 0.0466. The van der Waals surface area contributed by atoms with Gasteiger partial charge in [-0.15, -0.1) is 0 Å². The zero-order chi connectivity index (χ0) is 21.7. The molecule has 4 fully saturated rings. The number of aliphatic hydroxyl groups is 2.